The first-order valence-electron chi connectivity index (χ1n) is 9.46. The van der Waals surface area contributed by atoms with Crippen molar-refractivity contribution in [2.24, 2.45) is 0 Å². The first-order valence-corrected chi connectivity index (χ1v) is 9.46. The molecule has 0 atom stereocenters. The van der Waals surface area contributed by atoms with E-state index in [9.17, 15) is 4.79 Å². The van der Waals surface area contributed by atoms with E-state index >= 15 is 0 Å². The van der Waals surface area contributed by atoms with Crippen molar-refractivity contribution < 1.29 is 4.79 Å². The van der Waals surface area contributed by atoms with Gasteiger partial charge in [0.2, 0.25) is 5.91 Å². The van der Waals surface area contributed by atoms with Gasteiger partial charge in [-0.15, -0.1) is 0 Å². The average Bonchev–Trinajstić information content (AvgIpc) is 3.21. The zero-order valence-electron chi connectivity index (χ0n) is 16.4. The van der Waals surface area contributed by atoms with Gasteiger partial charge in [0.05, 0.1) is 5.69 Å². The van der Waals surface area contributed by atoms with Crippen LogP contribution in [-0.4, -0.2) is 34.6 Å². The Labute approximate surface area is 156 Å². The third-order valence-corrected chi connectivity index (χ3v) is 4.94. The van der Waals surface area contributed by atoms with Gasteiger partial charge in [-0.1, -0.05) is 26.8 Å². The van der Waals surface area contributed by atoms with Gasteiger partial charge in [0.1, 0.15) is 0 Å². The maximum atomic E-state index is 12.2. The lowest BCUT2D eigenvalue weighted by atomic mass is 9.92. The van der Waals surface area contributed by atoms with Crippen LogP contribution in [0.2, 0.25) is 0 Å². The molecule has 0 fully saturated rings. The molecule has 0 spiro atoms. The zero-order chi connectivity index (χ0) is 18.7. The molecule has 1 heterocycles. The number of hydrogen-bond donors (Lipinski definition) is 2. The first-order chi connectivity index (χ1) is 12.3. The number of aryl methyl sites for hydroxylation is 2. The molecule has 140 valence electrons. The van der Waals surface area contributed by atoms with Crippen LogP contribution in [0.5, 0.6) is 0 Å². The van der Waals surface area contributed by atoms with Crippen LogP contribution >= 0.6 is 0 Å². The maximum absolute atomic E-state index is 12.2. The zero-order valence-corrected chi connectivity index (χ0v) is 16.4. The van der Waals surface area contributed by atoms with Crippen molar-refractivity contribution in [1.82, 2.24) is 15.1 Å². The summed E-state index contributed by atoms with van der Waals surface area (Å²) in [6, 6.07) is 8.41. The molecule has 3 rings (SSSR count). The Morgan fingerprint density at radius 1 is 1.23 bits per heavy atom. The third kappa shape index (κ3) is 4.73. The molecule has 1 aliphatic carbocycles. The van der Waals surface area contributed by atoms with E-state index in [0.29, 0.717) is 13.0 Å². The van der Waals surface area contributed by atoms with Crippen molar-refractivity contribution >= 4 is 11.6 Å². The Balaban J connectivity index is 1.46. The van der Waals surface area contributed by atoms with Gasteiger partial charge in [-0.3, -0.25) is 9.89 Å². The number of rotatable bonds is 6. The van der Waals surface area contributed by atoms with E-state index in [1.165, 1.54) is 24.0 Å². The summed E-state index contributed by atoms with van der Waals surface area (Å²) >= 11 is 0. The number of aromatic amines is 1. The summed E-state index contributed by atoms with van der Waals surface area (Å²) in [5, 5.41) is 10.5. The Hall–Kier alpha value is -2.14. The number of carbonyl (C=O) groups excluding carboxylic acids is 1. The molecule has 0 radical (unpaired) electrons. The van der Waals surface area contributed by atoms with Crippen molar-refractivity contribution in [1.29, 1.82) is 0 Å². The normalized spacial score (nSPS) is 13.9. The van der Waals surface area contributed by atoms with Gasteiger partial charge >= 0.3 is 0 Å². The number of nitrogens with one attached hydrogen (secondary N) is 2. The molecule has 1 aromatic heterocycles. The lowest BCUT2D eigenvalue weighted by Gasteiger charge is -2.16. The summed E-state index contributed by atoms with van der Waals surface area (Å²) in [7, 11) is 2.03. The van der Waals surface area contributed by atoms with Gasteiger partial charge in [0.25, 0.3) is 0 Å². The number of aromatic nitrogens is 2. The monoisotopic (exact) mass is 354 g/mol. The molecule has 0 saturated heterocycles. The number of hydrogen-bond acceptors (Lipinski definition) is 3. The van der Waals surface area contributed by atoms with E-state index in [-0.39, 0.29) is 11.3 Å². The number of benzene rings is 1. The maximum Gasteiger partial charge on any atom is 0.225 e. The van der Waals surface area contributed by atoms with Crippen LogP contribution in [0, 0.1) is 0 Å². The van der Waals surface area contributed by atoms with Gasteiger partial charge in [-0.05, 0) is 55.6 Å². The number of anilines is 1. The van der Waals surface area contributed by atoms with Crippen molar-refractivity contribution in [3.05, 3.63) is 46.8 Å². The molecule has 1 aliphatic rings. The molecule has 0 unspecified atom stereocenters. The summed E-state index contributed by atoms with van der Waals surface area (Å²) in [6.45, 7) is 7.93. The molecule has 5 heteroatoms. The van der Waals surface area contributed by atoms with Crippen LogP contribution in [0.25, 0.3) is 0 Å². The summed E-state index contributed by atoms with van der Waals surface area (Å²) < 4.78 is 0. The Morgan fingerprint density at radius 2 is 2.00 bits per heavy atom. The van der Waals surface area contributed by atoms with Crippen molar-refractivity contribution in [2.75, 3.05) is 18.9 Å². The van der Waals surface area contributed by atoms with E-state index in [2.05, 4.69) is 59.4 Å². The number of H-pyrrole nitrogens is 1. The third-order valence-electron chi connectivity index (χ3n) is 4.94. The van der Waals surface area contributed by atoms with Crippen LogP contribution in [0.4, 0.5) is 5.69 Å². The van der Waals surface area contributed by atoms with Crippen LogP contribution in [-0.2, 0) is 29.6 Å². The fourth-order valence-corrected chi connectivity index (χ4v) is 3.36. The second-order valence-corrected chi connectivity index (χ2v) is 8.40. The standard InChI is InChI=1S/C21H30N4O/c1-21(2,3)19-13-18(23-24-19)14-25(4)11-10-20(26)22-17-9-8-15-6-5-7-16(15)12-17/h8-9,12-13H,5-7,10-11,14H2,1-4H3,(H,22,26)(H,23,24). The van der Waals surface area contributed by atoms with Gasteiger partial charge in [-0.2, -0.15) is 5.10 Å². The largest absolute Gasteiger partial charge is 0.326 e. The molecule has 0 saturated carbocycles. The summed E-state index contributed by atoms with van der Waals surface area (Å²) in [5.41, 5.74) is 5.92. The minimum absolute atomic E-state index is 0.0447. The highest BCUT2D eigenvalue weighted by Gasteiger charge is 2.18. The molecule has 0 bridgehead atoms. The van der Waals surface area contributed by atoms with Crippen LogP contribution in [0.3, 0.4) is 0 Å². The molecular formula is C21H30N4O. The SMILES string of the molecule is CN(CCC(=O)Nc1ccc2c(c1)CCC2)Cc1cc(C(C)(C)C)n[nH]1. The lowest BCUT2D eigenvalue weighted by Crippen LogP contribution is -2.24. The van der Waals surface area contributed by atoms with E-state index in [4.69, 9.17) is 0 Å². The van der Waals surface area contributed by atoms with E-state index in [1.54, 1.807) is 0 Å². The van der Waals surface area contributed by atoms with Crippen molar-refractivity contribution in [2.45, 2.75) is 58.4 Å². The van der Waals surface area contributed by atoms with Crippen molar-refractivity contribution in [3.8, 4) is 0 Å². The minimum atomic E-state index is 0.0447. The number of nitrogens with zero attached hydrogens (tertiary/aromatic N) is 2. The van der Waals surface area contributed by atoms with Crippen LogP contribution in [0.1, 0.15) is 56.1 Å². The van der Waals surface area contributed by atoms with Crippen LogP contribution < -0.4 is 5.32 Å². The summed E-state index contributed by atoms with van der Waals surface area (Å²) in [5.74, 6) is 0.0646. The highest BCUT2D eigenvalue weighted by Crippen LogP contribution is 2.25. The topological polar surface area (TPSA) is 61.0 Å². The molecule has 26 heavy (non-hydrogen) atoms. The fraction of sp³-hybridized carbons (Fsp3) is 0.524. The van der Waals surface area contributed by atoms with E-state index in [0.717, 1.165) is 30.0 Å². The lowest BCUT2D eigenvalue weighted by molar-refractivity contribution is -0.116. The smallest absolute Gasteiger partial charge is 0.225 e. The fourth-order valence-electron chi connectivity index (χ4n) is 3.36. The second kappa shape index (κ2) is 7.62. The number of amides is 1. The molecule has 5 nitrogen and oxygen atoms in total. The second-order valence-electron chi connectivity index (χ2n) is 8.40. The predicted octanol–water partition coefficient (Wildman–Crippen LogP) is 3.66. The number of carbonyl (C=O) groups is 1. The molecule has 2 aromatic rings. The summed E-state index contributed by atoms with van der Waals surface area (Å²) in [6.07, 6.45) is 4.00. The number of fused-ring (bicyclic) bond motifs is 1. The summed E-state index contributed by atoms with van der Waals surface area (Å²) in [4.78, 5) is 14.4. The molecule has 0 aliphatic heterocycles. The average molecular weight is 354 g/mol. The Bertz CT molecular complexity index is 773. The molecular weight excluding hydrogens is 324 g/mol. The predicted molar refractivity (Wildman–Crippen MR) is 105 cm³/mol. The minimum Gasteiger partial charge on any atom is -0.326 e. The van der Waals surface area contributed by atoms with Gasteiger partial charge < -0.3 is 10.2 Å². The van der Waals surface area contributed by atoms with Crippen molar-refractivity contribution in [3.63, 3.8) is 0 Å². The van der Waals surface area contributed by atoms with E-state index in [1.807, 2.05) is 13.1 Å². The Kier molecular flexibility index (Phi) is 5.47. The molecule has 1 amide bonds. The highest BCUT2D eigenvalue weighted by atomic mass is 16.1. The van der Waals surface area contributed by atoms with Gasteiger partial charge in [-0.25, -0.2) is 0 Å². The van der Waals surface area contributed by atoms with Gasteiger partial charge in [0, 0.05) is 36.3 Å². The van der Waals surface area contributed by atoms with Gasteiger partial charge in [0.15, 0.2) is 0 Å². The molecule has 2 N–H and O–H groups in total. The molecule has 1 aromatic carbocycles. The first kappa shape index (κ1) is 18.6. The highest BCUT2D eigenvalue weighted by molar-refractivity contribution is 5.91. The van der Waals surface area contributed by atoms with E-state index < -0.39 is 0 Å². The Morgan fingerprint density at radius 3 is 2.73 bits per heavy atom. The van der Waals surface area contributed by atoms with Crippen LogP contribution in [0.15, 0.2) is 24.3 Å². The quantitative estimate of drug-likeness (QED) is 0.832.